The number of amides is 1. The minimum Gasteiger partial charge on any atom is -0.357 e. The fourth-order valence-electron chi connectivity index (χ4n) is 3.08. The van der Waals surface area contributed by atoms with Crippen molar-refractivity contribution in [3.8, 4) is 21.8 Å². The highest BCUT2D eigenvalue weighted by Gasteiger charge is 2.21. The van der Waals surface area contributed by atoms with E-state index in [4.69, 9.17) is 10.7 Å². The van der Waals surface area contributed by atoms with E-state index in [1.165, 1.54) is 0 Å². The van der Waals surface area contributed by atoms with E-state index in [2.05, 4.69) is 4.98 Å². The second-order valence-electron chi connectivity index (χ2n) is 6.24. The van der Waals surface area contributed by atoms with Crippen LogP contribution in [0.3, 0.4) is 0 Å². The summed E-state index contributed by atoms with van der Waals surface area (Å²) in [7, 11) is 0. The van der Waals surface area contributed by atoms with E-state index < -0.39 is 0 Å². The van der Waals surface area contributed by atoms with Crippen molar-refractivity contribution in [2.75, 3.05) is 13.1 Å². The topological polar surface area (TPSA) is 75.0 Å². The maximum Gasteiger partial charge on any atom is 0.270 e. The molecule has 0 radical (unpaired) electrons. The molecule has 3 aromatic rings. The molecule has 0 unspecified atom stereocenters. The Hall–Kier alpha value is -2.44. The van der Waals surface area contributed by atoms with Crippen LogP contribution >= 0.6 is 11.3 Å². The number of likely N-dealkylation sites (tertiary alicyclic amines) is 1. The quantitative estimate of drug-likeness (QED) is 0.754. The summed E-state index contributed by atoms with van der Waals surface area (Å²) in [6, 6.07) is 10.0. The molecule has 6 heteroatoms. The van der Waals surface area contributed by atoms with Gasteiger partial charge in [-0.2, -0.15) is 0 Å². The summed E-state index contributed by atoms with van der Waals surface area (Å²) in [5.74, 6) is 0.0802. The van der Waals surface area contributed by atoms with Crippen molar-refractivity contribution >= 4 is 17.2 Å². The standard InChI is InChI=1S/C19H20N4OS/c20-10-13-3-5-14(6-4-13)18-22-17(12-25-18)15-9-16(21-11-15)19(24)23-7-1-2-8-23/h3-6,9,11-12,21H,1-2,7-8,10,20H2. The monoisotopic (exact) mass is 352 g/mol. The Kier molecular flexibility index (Phi) is 4.38. The molecule has 4 rings (SSSR count). The van der Waals surface area contributed by atoms with Crippen molar-refractivity contribution in [3.05, 3.63) is 53.2 Å². The Balaban J connectivity index is 1.54. The van der Waals surface area contributed by atoms with Gasteiger partial charge in [0.15, 0.2) is 0 Å². The molecular formula is C19H20N4OS. The van der Waals surface area contributed by atoms with Crippen LogP contribution in [0.5, 0.6) is 0 Å². The second-order valence-corrected chi connectivity index (χ2v) is 7.10. The van der Waals surface area contributed by atoms with E-state index in [9.17, 15) is 4.79 Å². The third kappa shape index (κ3) is 3.23. The maximum atomic E-state index is 12.4. The van der Waals surface area contributed by atoms with Crippen molar-refractivity contribution in [2.45, 2.75) is 19.4 Å². The molecule has 1 amide bonds. The number of H-pyrrole nitrogens is 1. The molecule has 1 aliphatic rings. The number of hydrogen-bond acceptors (Lipinski definition) is 4. The first kappa shape index (κ1) is 16.1. The average molecular weight is 352 g/mol. The van der Waals surface area contributed by atoms with E-state index in [1.807, 2.05) is 46.8 Å². The number of rotatable bonds is 4. The molecule has 0 bridgehead atoms. The zero-order chi connectivity index (χ0) is 17.2. The third-order valence-electron chi connectivity index (χ3n) is 4.54. The SMILES string of the molecule is NCc1ccc(-c2nc(-c3c[nH]c(C(=O)N4CCCC4)c3)cs2)cc1. The molecular weight excluding hydrogens is 332 g/mol. The highest BCUT2D eigenvalue weighted by atomic mass is 32.1. The lowest BCUT2D eigenvalue weighted by Crippen LogP contribution is -2.27. The van der Waals surface area contributed by atoms with Crippen LogP contribution in [-0.2, 0) is 6.54 Å². The number of benzene rings is 1. The highest BCUT2D eigenvalue weighted by molar-refractivity contribution is 7.13. The Bertz CT molecular complexity index is 875. The first-order valence-electron chi connectivity index (χ1n) is 8.47. The number of nitrogens with two attached hydrogens (primary N) is 1. The molecule has 0 aliphatic carbocycles. The summed E-state index contributed by atoms with van der Waals surface area (Å²) in [5, 5.41) is 2.99. The first-order chi connectivity index (χ1) is 12.2. The number of thiazole rings is 1. The third-order valence-corrected chi connectivity index (χ3v) is 5.43. The van der Waals surface area contributed by atoms with Gasteiger partial charge in [0.25, 0.3) is 5.91 Å². The minimum absolute atomic E-state index is 0.0802. The van der Waals surface area contributed by atoms with Gasteiger partial charge in [-0.05, 0) is 24.5 Å². The van der Waals surface area contributed by atoms with Crippen LogP contribution in [-0.4, -0.2) is 33.9 Å². The lowest BCUT2D eigenvalue weighted by Gasteiger charge is -2.13. The van der Waals surface area contributed by atoms with Crippen LogP contribution in [0.2, 0.25) is 0 Å². The van der Waals surface area contributed by atoms with Gasteiger partial charge in [-0.25, -0.2) is 4.98 Å². The molecule has 5 nitrogen and oxygen atoms in total. The number of aromatic amines is 1. The van der Waals surface area contributed by atoms with Gasteiger partial charge >= 0.3 is 0 Å². The van der Waals surface area contributed by atoms with Gasteiger partial charge in [-0.1, -0.05) is 24.3 Å². The summed E-state index contributed by atoms with van der Waals surface area (Å²) in [6.45, 7) is 2.25. The molecule has 0 spiro atoms. The predicted octanol–water partition coefficient (Wildman–Crippen LogP) is 3.50. The zero-order valence-electron chi connectivity index (χ0n) is 13.9. The molecule has 25 heavy (non-hydrogen) atoms. The minimum atomic E-state index is 0.0802. The van der Waals surface area contributed by atoms with Gasteiger partial charge < -0.3 is 15.6 Å². The van der Waals surface area contributed by atoms with Crippen molar-refractivity contribution in [3.63, 3.8) is 0 Å². The van der Waals surface area contributed by atoms with Crippen molar-refractivity contribution in [1.82, 2.24) is 14.9 Å². The largest absolute Gasteiger partial charge is 0.357 e. The first-order valence-corrected chi connectivity index (χ1v) is 9.35. The fraction of sp³-hybridized carbons (Fsp3) is 0.263. The van der Waals surface area contributed by atoms with Crippen molar-refractivity contribution < 1.29 is 4.79 Å². The molecule has 1 fully saturated rings. The molecule has 3 heterocycles. The Labute approximate surface area is 150 Å². The molecule has 0 atom stereocenters. The summed E-state index contributed by atoms with van der Waals surface area (Å²) in [6.07, 6.45) is 4.05. The lowest BCUT2D eigenvalue weighted by atomic mass is 10.1. The summed E-state index contributed by atoms with van der Waals surface area (Å²) in [5.41, 5.74) is 10.3. The van der Waals surface area contributed by atoms with Crippen LogP contribution < -0.4 is 5.73 Å². The lowest BCUT2D eigenvalue weighted by molar-refractivity contribution is 0.0788. The molecule has 1 aromatic carbocycles. The van der Waals surface area contributed by atoms with E-state index in [0.717, 1.165) is 53.3 Å². The van der Waals surface area contributed by atoms with Gasteiger partial charge in [-0.15, -0.1) is 11.3 Å². The molecule has 3 N–H and O–H groups in total. The Morgan fingerprint density at radius 1 is 1.20 bits per heavy atom. The molecule has 2 aromatic heterocycles. The number of aromatic nitrogens is 2. The second kappa shape index (κ2) is 6.82. The van der Waals surface area contributed by atoms with E-state index in [1.54, 1.807) is 11.3 Å². The van der Waals surface area contributed by atoms with E-state index in [-0.39, 0.29) is 5.91 Å². The summed E-state index contributed by atoms with van der Waals surface area (Å²) < 4.78 is 0. The number of carbonyl (C=O) groups excluding carboxylic acids is 1. The van der Waals surface area contributed by atoms with Gasteiger partial charge in [0.2, 0.25) is 0 Å². The highest BCUT2D eigenvalue weighted by Crippen LogP contribution is 2.29. The van der Waals surface area contributed by atoms with Crippen molar-refractivity contribution in [2.24, 2.45) is 5.73 Å². The van der Waals surface area contributed by atoms with Crippen LogP contribution in [0, 0.1) is 0 Å². The molecule has 128 valence electrons. The normalized spacial score (nSPS) is 14.2. The zero-order valence-corrected chi connectivity index (χ0v) is 14.7. The smallest absolute Gasteiger partial charge is 0.270 e. The number of nitrogens with one attached hydrogen (secondary N) is 1. The Morgan fingerprint density at radius 3 is 2.68 bits per heavy atom. The molecule has 1 saturated heterocycles. The number of hydrogen-bond donors (Lipinski definition) is 2. The number of nitrogens with zero attached hydrogens (tertiary/aromatic N) is 2. The van der Waals surface area contributed by atoms with Crippen LogP contribution in [0.25, 0.3) is 21.8 Å². The van der Waals surface area contributed by atoms with E-state index >= 15 is 0 Å². The predicted molar refractivity (Wildman–Crippen MR) is 100 cm³/mol. The molecule has 0 saturated carbocycles. The van der Waals surface area contributed by atoms with Crippen LogP contribution in [0.15, 0.2) is 41.9 Å². The van der Waals surface area contributed by atoms with Gasteiger partial charge in [0.1, 0.15) is 10.7 Å². The average Bonchev–Trinajstić information content (AvgIpc) is 3.42. The molecule has 1 aliphatic heterocycles. The van der Waals surface area contributed by atoms with Crippen LogP contribution in [0.4, 0.5) is 0 Å². The summed E-state index contributed by atoms with van der Waals surface area (Å²) >= 11 is 1.60. The fourth-order valence-corrected chi connectivity index (χ4v) is 3.91. The Morgan fingerprint density at radius 2 is 1.96 bits per heavy atom. The van der Waals surface area contributed by atoms with Crippen molar-refractivity contribution in [1.29, 1.82) is 0 Å². The summed E-state index contributed by atoms with van der Waals surface area (Å²) in [4.78, 5) is 22.2. The van der Waals surface area contributed by atoms with Crippen LogP contribution in [0.1, 0.15) is 28.9 Å². The van der Waals surface area contributed by atoms with Gasteiger partial charge in [-0.3, -0.25) is 4.79 Å². The van der Waals surface area contributed by atoms with Gasteiger partial charge in [0, 0.05) is 42.3 Å². The van der Waals surface area contributed by atoms with E-state index in [0.29, 0.717) is 12.2 Å². The number of carbonyl (C=O) groups is 1. The maximum absolute atomic E-state index is 12.4. The van der Waals surface area contributed by atoms with Gasteiger partial charge in [0.05, 0.1) is 5.69 Å².